The molecule has 4 rings (SSSR count). The summed E-state index contributed by atoms with van der Waals surface area (Å²) in [5, 5.41) is 7.34. The van der Waals surface area contributed by atoms with Gasteiger partial charge in [-0.2, -0.15) is 0 Å². The lowest BCUT2D eigenvalue weighted by atomic mass is 9.95. The van der Waals surface area contributed by atoms with Crippen molar-refractivity contribution in [2.45, 2.75) is 32.4 Å². The summed E-state index contributed by atoms with van der Waals surface area (Å²) in [5.41, 5.74) is 2.92. The number of benzene rings is 3. The van der Waals surface area contributed by atoms with Crippen molar-refractivity contribution in [2.75, 3.05) is 18.4 Å². The molecule has 1 unspecified atom stereocenters. The van der Waals surface area contributed by atoms with E-state index in [0.717, 1.165) is 37.1 Å². The Labute approximate surface area is 216 Å². The lowest BCUT2D eigenvalue weighted by molar-refractivity contribution is -0.121. The van der Waals surface area contributed by atoms with E-state index < -0.39 is 0 Å². The number of nitrogens with zero attached hydrogens (tertiary/aromatic N) is 1. The Balaban J connectivity index is 1.35. The van der Waals surface area contributed by atoms with Crippen LogP contribution < -0.4 is 10.6 Å². The quantitative estimate of drug-likeness (QED) is 0.390. The highest BCUT2D eigenvalue weighted by molar-refractivity contribution is 6.35. The van der Waals surface area contributed by atoms with Crippen molar-refractivity contribution in [1.82, 2.24) is 10.2 Å². The first-order chi connectivity index (χ1) is 16.9. The van der Waals surface area contributed by atoms with Gasteiger partial charge >= 0.3 is 0 Å². The van der Waals surface area contributed by atoms with Gasteiger partial charge in [-0.25, -0.2) is 0 Å². The van der Waals surface area contributed by atoms with Gasteiger partial charge in [0.1, 0.15) is 0 Å². The van der Waals surface area contributed by atoms with E-state index in [4.69, 9.17) is 23.2 Å². The van der Waals surface area contributed by atoms with Gasteiger partial charge in [0.05, 0.1) is 17.3 Å². The number of para-hydroxylation sites is 1. The maximum Gasteiger partial charge on any atom is 0.253 e. The Bertz CT molecular complexity index is 1160. The standard InChI is InChI=1S/C28H29Cl2N3O2/c1-19(20-8-3-2-4-9-20)31-28(35)22-10-5-6-13-26(22)32-27(34)21-14-16-33(17-15-21)18-23-24(29)11-7-12-25(23)30/h2-13,19,21H,14-18H2,1H3,(H,31,35)(H,32,34). The Kier molecular flexibility index (Phi) is 8.45. The summed E-state index contributed by atoms with van der Waals surface area (Å²) in [5.74, 6) is -0.396. The number of rotatable bonds is 7. The maximum absolute atomic E-state index is 13.1. The van der Waals surface area contributed by atoms with Crippen LogP contribution in [0.15, 0.2) is 72.8 Å². The molecule has 0 bridgehead atoms. The van der Waals surface area contributed by atoms with E-state index in [0.29, 0.717) is 27.8 Å². The number of piperidine rings is 1. The minimum atomic E-state index is -0.219. The Hall–Kier alpha value is -2.86. The minimum Gasteiger partial charge on any atom is -0.345 e. The number of hydrogen-bond acceptors (Lipinski definition) is 3. The van der Waals surface area contributed by atoms with Crippen molar-refractivity contribution in [2.24, 2.45) is 5.92 Å². The molecule has 1 aliphatic rings. The molecular formula is C28H29Cl2N3O2. The van der Waals surface area contributed by atoms with Crippen molar-refractivity contribution in [3.05, 3.63) is 99.5 Å². The fraction of sp³-hybridized carbons (Fsp3) is 0.286. The number of carbonyl (C=O) groups is 2. The van der Waals surface area contributed by atoms with E-state index in [1.54, 1.807) is 18.2 Å². The average Bonchev–Trinajstić information content (AvgIpc) is 2.87. The molecule has 0 saturated carbocycles. The van der Waals surface area contributed by atoms with Crippen LogP contribution in [0.4, 0.5) is 5.69 Å². The SMILES string of the molecule is CC(NC(=O)c1ccccc1NC(=O)C1CCN(Cc2c(Cl)cccc2Cl)CC1)c1ccccc1. The summed E-state index contributed by atoms with van der Waals surface area (Å²) in [6, 6.07) is 22.3. The van der Waals surface area contributed by atoms with Crippen molar-refractivity contribution < 1.29 is 9.59 Å². The smallest absolute Gasteiger partial charge is 0.253 e. The third kappa shape index (κ3) is 6.43. The fourth-order valence-electron chi connectivity index (χ4n) is 4.38. The van der Waals surface area contributed by atoms with Crippen LogP contribution in [0.3, 0.4) is 0 Å². The molecule has 0 radical (unpaired) electrons. The first-order valence-corrected chi connectivity index (χ1v) is 12.6. The predicted molar refractivity (Wildman–Crippen MR) is 142 cm³/mol. The number of nitrogens with one attached hydrogen (secondary N) is 2. The summed E-state index contributed by atoms with van der Waals surface area (Å²) >= 11 is 12.6. The third-order valence-electron chi connectivity index (χ3n) is 6.48. The number of amides is 2. The van der Waals surface area contributed by atoms with Crippen LogP contribution in [0.2, 0.25) is 10.0 Å². The summed E-state index contributed by atoms with van der Waals surface area (Å²) in [6.45, 7) is 4.15. The van der Waals surface area contributed by atoms with E-state index in [2.05, 4.69) is 15.5 Å². The van der Waals surface area contributed by atoms with Gasteiger partial charge in [-0.05, 0) is 62.7 Å². The van der Waals surface area contributed by atoms with Gasteiger partial charge in [0, 0.05) is 28.1 Å². The second-order valence-electron chi connectivity index (χ2n) is 8.89. The molecule has 2 N–H and O–H groups in total. The molecule has 0 aliphatic carbocycles. The second-order valence-corrected chi connectivity index (χ2v) is 9.71. The van der Waals surface area contributed by atoms with Crippen molar-refractivity contribution in [3.8, 4) is 0 Å². The zero-order valence-electron chi connectivity index (χ0n) is 19.6. The van der Waals surface area contributed by atoms with Gasteiger partial charge in [0.25, 0.3) is 5.91 Å². The van der Waals surface area contributed by atoms with Gasteiger partial charge in [-0.3, -0.25) is 14.5 Å². The molecule has 35 heavy (non-hydrogen) atoms. The van der Waals surface area contributed by atoms with E-state index in [1.165, 1.54) is 0 Å². The zero-order chi connectivity index (χ0) is 24.8. The highest BCUT2D eigenvalue weighted by Crippen LogP contribution is 2.28. The van der Waals surface area contributed by atoms with Gasteiger partial charge in [0.15, 0.2) is 0 Å². The highest BCUT2D eigenvalue weighted by Gasteiger charge is 2.27. The molecule has 1 atom stereocenters. The maximum atomic E-state index is 13.1. The van der Waals surface area contributed by atoms with Crippen LogP contribution in [-0.4, -0.2) is 29.8 Å². The summed E-state index contributed by atoms with van der Waals surface area (Å²) in [4.78, 5) is 28.3. The molecule has 3 aromatic rings. The van der Waals surface area contributed by atoms with Gasteiger partial charge in [-0.15, -0.1) is 0 Å². The van der Waals surface area contributed by atoms with Crippen molar-refractivity contribution in [3.63, 3.8) is 0 Å². The fourth-order valence-corrected chi connectivity index (χ4v) is 4.90. The molecule has 3 aromatic carbocycles. The van der Waals surface area contributed by atoms with E-state index >= 15 is 0 Å². The molecule has 1 fully saturated rings. The van der Waals surface area contributed by atoms with Gasteiger partial charge in [-0.1, -0.05) is 71.7 Å². The summed E-state index contributed by atoms with van der Waals surface area (Å²) in [6.07, 6.45) is 1.46. The van der Waals surface area contributed by atoms with E-state index in [1.807, 2.05) is 61.5 Å². The number of carbonyl (C=O) groups excluding carboxylic acids is 2. The molecule has 1 heterocycles. The summed E-state index contributed by atoms with van der Waals surface area (Å²) in [7, 11) is 0. The molecule has 7 heteroatoms. The van der Waals surface area contributed by atoms with Crippen LogP contribution in [0, 0.1) is 5.92 Å². The van der Waals surface area contributed by atoms with Gasteiger partial charge in [0.2, 0.25) is 5.91 Å². The number of anilines is 1. The zero-order valence-corrected chi connectivity index (χ0v) is 21.1. The van der Waals surface area contributed by atoms with Crippen LogP contribution in [0.25, 0.3) is 0 Å². The molecule has 2 amide bonds. The number of likely N-dealkylation sites (tertiary alicyclic amines) is 1. The minimum absolute atomic E-state index is 0.0585. The normalized spacial score (nSPS) is 15.4. The monoisotopic (exact) mass is 509 g/mol. The molecule has 5 nitrogen and oxygen atoms in total. The van der Waals surface area contributed by atoms with E-state index in [-0.39, 0.29) is 23.8 Å². The van der Waals surface area contributed by atoms with Crippen LogP contribution in [0.5, 0.6) is 0 Å². The van der Waals surface area contributed by atoms with Crippen molar-refractivity contribution >= 4 is 40.7 Å². The Morgan fingerprint density at radius 1 is 0.914 bits per heavy atom. The molecule has 182 valence electrons. The lowest BCUT2D eigenvalue weighted by Crippen LogP contribution is -2.38. The number of halogens is 2. The van der Waals surface area contributed by atoms with Crippen LogP contribution in [-0.2, 0) is 11.3 Å². The topological polar surface area (TPSA) is 61.4 Å². The third-order valence-corrected chi connectivity index (χ3v) is 7.19. The molecule has 0 spiro atoms. The highest BCUT2D eigenvalue weighted by atomic mass is 35.5. The van der Waals surface area contributed by atoms with Crippen molar-refractivity contribution in [1.29, 1.82) is 0 Å². The molecular weight excluding hydrogens is 481 g/mol. The Morgan fingerprint density at radius 3 is 2.23 bits per heavy atom. The van der Waals surface area contributed by atoms with Gasteiger partial charge < -0.3 is 10.6 Å². The van der Waals surface area contributed by atoms with Crippen LogP contribution >= 0.6 is 23.2 Å². The second kappa shape index (κ2) is 11.7. The summed E-state index contributed by atoms with van der Waals surface area (Å²) < 4.78 is 0. The molecule has 1 aliphatic heterocycles. The molecule has 1 saturated heterocycles. The molecule has 0 aromatic heterocycles. The Morgan fingerprint density at radius 2 is 1.54 bits per heavy atom. The van der Waals surface area contributed by atoms with E-state index in [9.17, 15) is 9.59 Å². The largest absolute Gasteiger partial charge is 0.345 e. The predicted octanol–water partition coefficient (Wildman–Crippen LogP) is 6.34. The van der Waals surface area contributed by atoms with Crippen LogP contribution in [0.1, 0.15) is 47.3 Å². The number of hydrogen-bond donors (Lipinski definition) is 2. The first kappa shape index (κ1) is 25.2. The first-order valence-electron chi connectivity index (χ1n) is 11.8. The lowest BCUT2D eigenvalue weighted by Gasteiger charge is -2.31. The average molecular weight is 510 g/mol.